The van der Waals surface area contributed by atoms with Crippen molar-refractivity contribution in [1.29, 1.82) is 0 Å². The van der Waals surface area contributed by atoms with Crippen molar-refractivity contribution in [2.75, 3.05) is 13.6 Å². The van der Waals surface area contributed by atoms with E-state index in [0.717, 1.165) is 6.42 Å². The van der Waals surface area contributed by atoms with Crippen LogP contribution in [0.3, 0.4) is 0 Å². The Morgan fingerprint density at radius 2 is 2.19 bits per heavy atom. The molecule has 0 spiro atoms. The number of nitrogens with zero attached hydrogens (tertiary/aromatic N) is 1. The Bertz CT molecular complexity index is 415. The third-order valence-electron chi connectivity index (χ3n) is 4.40. The van der Waals surface area contributed by atoms with E-state index in [2.05, 4.69) is 24.9 Å². The summed E-state index contributed by atoms with van der Waals surface area (Å²) in [5, 5.41) is 9.61. The number of hydrogen-bond acceptors (Lipinski definition) is 2. The summed E-state index contributed by atoms with van der Waals surface area (Å²) in [5.41, 5.74) is 2.84. The Kier molecular flexibility index (Phi) is 2.21. The van der Waals surface area contributed by atoms with Gasteiger partial charge in [0.2, 0.25) is 0 Å². The predicted octanol–water partition coefficient (Wildman–Crippen LogP) is 2.37. The third kappa shape index (κ3) is 1.44. The van der Waals surface area contributed by atoms with Gasteiger partial charge >= 0.3 is 0 Å². The van der Waals surface area contributed by atoms with Crippen molar-refractivity contribution in [2.24, 2.45) is 5.92 Å². The highest BCUT2D eigenvalue weighted by Crippen LogP contribution is 2.43. The highest BCUT2D eigenvalue weighted by molar-refractivity contribution is 5.40. The van der Waals surface area contributed by atoms with Gasteiger partial charge in [0.1, 0.15) is 5.75 Å². The van der Waals surface area contributed by atoms with E-state index in [0.29, 0.717) is 23.6 Å². The van der Waals surface area contributed by atoms with Gasteiger partial charge in [-0.3, -0.25) is 0 Å². The third-order valence-corrected chi connectivity index (χ3v) is 4.40. The van der Waals surface area contributed by atoms with Crippen molar-refractivity contribution in [2.45, 2.75) is 31.7 Å². The molecule has 1 aromatic rings. The molecule has 2 bridgehead atoms. The predicted molar refractivity (Wildman–Crippen MR) is 64.8 cm³/mol. The Morgan fingerprint density at radius 3 is 3.00 bits per heavy atom. The Hall–Kier alpha value is -1.02. The van der Waals surface area contributed by atoms with Gasteiger partial charge in [-0.2, -0.15) is 0 Å². The summed E-state index contributed by atoms with van der Waals surface area (Å²) in [6.45, 7) is 3.51. The zero-order valence-corrected chi connectivity index (χ0v) is 9.98. The molecule has 1 N–H and O–H groups in total. The van der Waals surface area contributed by atoms with Crippen molar-refractivity contribution < 1.29 is 5.11 Å². The number of likely N-dealkylation sites (N-methyl/N-ethyl adjacent to an activating group) is 1. The summed E-state index contributed by atoms with van der Waals surface area (Å²) in [7, 11) is 2.24. The van der Waals surface area contributed by atoms with Crippen LogP contribution in [0.4, 0.5) is 0 Å². The number of rotatable bonds is 0. The highest BCUT2D eigenvalue weighted by Gasteiger charge is 2.37. The topological polar surface area (TPSA) is 23.5 Å². The van der Waals surface area contributed by atoms with Crippen LogP contribution in [-0.4, -0.2) is 29.6 Å². The number of hydrogen-bond donors (Lipinski definition) is 1. The minimum atomic E-state index is 0.420. The summed E-state index contributed by atoms with van der Waals surface area (Å²) in [6.07, 6.45) is 2.41. The van der Waals surface area contributed by atoms with E-state index in [1.807, 2.05) is 12.1 Å². The summed E-state index contributed by atoms with van der Waals surface area (Å²) in [4.78, 5) is 2.50. The van der Waals surface area contributed by atoms with E-state index < -0.39 is 0 Å². The SMILES string of the molecule is C[C@@H]1CN(C)[C@@H]2Cc3ccc(O)cc3[C@H]1C2. The molecule has 86 valence electrons. The zero-order valence-electron chi connectivity index (χ0n) is 9.98. The van der Waals surface area contributed by atoms with E-state index in [-0.39, 0.29) is 0 Å². The Morgan fingerprint density at radius 1 is 1.38 bits per heavy atom. The summed E-state index contributed by atoms with van der Waals surface area (Å²) in [6, 6.07) is 6.62. The maximum absolute atomic E-state index is 9.61. The lowest BCUT2D eigenvalue weighted by molar-refractivity contribution is 0.114. The lowest BCUT2D eigenvalue weighted by atomic mass is 9.71. The molecule has 0 aromatic heterocycles. The quantitative estimate of drug-likeness (QED) is 0.721. The number of piperidine rings is 1. The number of phenols is 1. The van der Waals surface area contributed by atoms with Crippen LogP contribution in [-0.2, 0) is 6.42 Å². The molecule has 1 fully saturated rings. The molecule has 2 heteroatoms. The fourth-order valence-corrected chi connectivity index (χ4v) is 3.48. The first-order valence-electron chi connectivity index (χ1n) is 6.17. The molecular formula is C14H19NO. The molecular weight excluding hydrogens is 198 g/mol. The zero-order chi connectivity index (χ0) is 11.3. The number of aromatic hydroxyl groups is 1. The van der Waals surface area contributed by atoms with Gasteiger partial charge in [0.05, 0.1) is 0 Å². The molecule has 2 aliphatic rings. The number of phenolic OH excluding ortho intramolecular Hbond substituents is 1. The second-order valence-electron chi connectivity index (χ2n) is 5.50. The van der Waals surface area contributed by atoms with Crippen molar-refractivity contribution in [3.8, 4) is 5.75 Å². The minimum Gasteiger partial charge on any atom is -0.508 e. The van der Waals surface area contributed by atoms with Gasteiger partial charge in [-0.25, -0.2) is 0 Å². The molecule has 0 amide bonds. The Balaban J connectivity index is 2.06. The van der Waals surface area contributed by atoms with Crippen molar-refractivity contribution in [1.82, 2.24) is 4.90 Å². The summed E-state index contributed by atoms with van der Waals surface area (Å²) < 4.78 is 0. The molecule has 1 saturated heterocycles. The molecule has 3 rings (SSSR count). The van der Waals surface area contributed by atoms with Crippen LogP contribution in [0, 0.1) is 5.92 Å². The Labute approximate surface area is 96.9 Å². The molecule has 1 aliphatic carbocycles. The van der Waals surface area contributed by atoms with Crippen LogP contribution in [0.1, 0.15) is 30.4 Å². The maximum atomic E-state index is 9.61. The molecule has 3 atom stereocenters. The van der Waals surface area contributed by atoms with Gasteiger partial charge in [0.25, 0.3) is 0 Å². The molecule has 0 radical (unpaired) electrons. The molecule has 0 unspecified atom stereocenters. The average Bonchev–Trinajstić information content (AvgIpc) is 2.26. The van der Waals surface area contributed by atoms with E-state index in [1.54, 1.807) is 0 Å². The fraction of sp³-hybridized carbons (Fsp3) is 0.571. The van der Waals surface area contributed by atoms with Crippen LogP contribution < -0.4 is 0 Å². The van der Waals surface area contributed by atoms with Gasteiger partial charge in [0, 0.05) is 12.6 Å². The smallest absolute Gasteiger partial charge is 0.115 e. The molecule has 1 heterocycles. The lowest BCUT2D eigenvalue weighted by Crippen LogP contribution is -2.47. The fourth-order valence-electron chi connectivity index (χ4n) is 3.48. The standard InChI is InChI=1S/C14H19NO/c1-9-8-15(2)11-5-10-3-4-12(16)7-14(10)13(9)6-11/h3-4,7,9,11,13,16H,5-6,8H2,1-2H3/t9-,11-,13+/m1/s1. The van der Waals surface area contributed by atoms with Crippen LogP contribution >= 0.6 is 0 Å². The van der Waals surface area contributed by atoms with Gasteiger partial charge in [-0.05, 0) is 55.0 Å². The van der Waals surface area contributed by atoms with Gasteiger partial charge < -0.3 is 10.0 Å². The van der Waals surface area contributed by atoms with Gasteiger partial charge in [-0.1, -0.05) is 13.0 Å². The van der Waals surface area contributed by atoms with Crippen LogP contribution in [0.15, 0.2) is 18.2 Å². The molecule has 1 aromatic carbocycles. The first-order valence-corrected chi connectivity index (χ1v) is 6.17. The largest absolute Gasteiger partial charge is 0.508 e. The van der Waals surface area contributed by atoms with Crippen molar-refractivity contribution >= 4 is 0 Å². The van der Waals surface area contributed by atoms with Crippen molar-refractivity contribution in [3.63, 3.8) is 0 Å². The van der Waals surface area contributed by atoms with Crippen molar-refractivity contribution in [3.05, 3.63) is 29.3 Å². The maximum Gasteiger partial charge on any atom is 0.115 e. The summed E-state index contributed by atoms with van der Waals surface area (Å²) >= 11 is 0. The number of fused-ring (bicyclic) bond motifs is 4. The average molecular weight is 217 g/mol. The van der Waals surface area contributed by atoms with E-state index >= 15 is 0 Å². The number of likely N-dealkylation sites (tertiary alicyclic amines) is 1. The molecule has 2 nitrogen and oxygen atoms in total. The second-order valence-corrected chi connectivity index (χ2v) is 5.50. The van der Waals surface area contributed by atoms with Crippen LogP contribution in [0.25, 0.3) is 0 Å². The van der Waals surface area contributed by atoms with Crippen LogP contribution in [0.5, 0.6) is 5.75 Å². The second kappa shape index (κ2) is 3.49. The van der Waals surface area contributed by atoms with Gasteiger partial charge in [0.15, 0.2) is 0 Å². The van der Waals surface area contributed by atoms with Crippen LogP contribution in [0.2, 0.25) is 0 Å². The van der Waals surface area contributed by atoms with E-state index in [4.69, 9.17) is 0 Å². The number of benzene rings is 1. The first kappa shape index (κ1) is 10.2. The normalized spacial score (nSPS) is 33.5. The molecule has 0 saturated carbocycles. The minimum absolute atomic E-state index is 0.420. The van der Waals surface area contributed by atoms with E-state index in [1.165, 1.54) is 24.1 Å². The monoisotopic (exact) mass is 217 g/mol. The lowest BCUT2D eigenvalue weighted by Gasteiger charge is -2.45. The molecule has 1 aliphatic heterocycles. The highest BCUT2D eigenvalue weighted by atomic mass is 16.3. The molecule has 16 heavy (non-hydrogen) atoms. The first-order chi connectivity index (χ1) is 7.65. The van der Waals surface area contributed by atoms with E-state index in [9.17, 15) is 5.11 Å². The van der Waals surface area contributed by atoms with Gasteiger partial charge in [-0.15, -0.1) is 0 Å². The summed E-state index contributed by atoms with van der Waals surface area (Å²) in [5.74, 6) is 1.77.